The van der Waals surface area contributed by atoms with Crippen molar-refractivity contribution in [1.82, 2.24) is 5.32 Å². The number of hydrogen-bond acceptors (Lipinski definition) is 2. The number of anilines is 1. The molecule has 0 spiro atoms. The highest BCUT2D eigenvalue weighted by atomic mass is 19.1. The lowest BCUT2D eigenvalue weighted by molar-refractivity contribution is 0.190. The highest BCUT2D eigenvalue weighted by molar-refractivity contribution is 5.65. The molecular formula is C11H13FN2O2. The zero-order chi connectivity index (χ0) is 11.5. The lowest BCUT2D eigenvalue weighted by Gasteiger charge is -2.13. The van der Waals surface area contributed by atoms with E-state index in [9.17, 15) is 9.18 Å². The predicted molar refractivity (Wildman–Crippen MR) is 58.2 cm³/mol. The Balaban J connectivity index is 2.13. The molecule has 1 amide bonds. The van der Waals surface area contributed by atoms with Crippen LogP contribution in [0.1, 0.15) is 12.0 Å². The van der Waals surface area contributed by atoms with Crippen molar-refractivity contribution in [2.24, 2.45) is 0 Å². The van der Waals surface area contributed by atoms with Crippen LogP contribution in [-0.4, -0.2) is 23.8 Å². The van der Waals surface area contributed by atoms with E-state index in [4.69, 9.17) is 5.11 Å². The third-order valence-corrected chi connectivity index (χ3v) is 2.73. The zero-order valence-corrected chi connectivity index (χ0v) is 8.66. The normalized spacial score (nSPS) is 19.2. The maximum atomic E-state index is 13.5. The molecule has 1 aromatic carbocycles. The summed E-state index contributed by atoms with van der Waals surface area (Å²) in [5.74, 6) is -0.235. The van der Waals surface area contributed by atoms with Crippen LogP contribution in [-0.2, 0) is 6.42 Å². The van der Waals surface area contributed by atoms with Crippen molar-refractivity contribution in [3.8, 4) is 0 Å². The molecule has 0 aliphatic carbocycles. The highest BCUT2D eigenvalue weighted by Crippen LogP contribution is 2.23. The molecule has 1 aliphatic rings. The van der Waals surface area contributed by atoms with Crippen molar-refractivity contribution in [1.29, 1.82) is 0 Å². The Kier molecular flexibility index (Phi) is 2.94. The summed E-state index contributed by atoms with van der Waals surface area (Å²) in [5, 5.41) is 14.1. The van der Waals surface area contributed by atoms with Crippen molar-refractivity contribution in [3.05, 3.63) is 29.6 Å². The van der Waals surface area contributed by atoms with Crippen molar-refractivity contribution < 1.29 is 14.3 Å². The highest BCUT2D eigenvalue weighted by Gasteiger charge is 2.18. The van der Waals surface area contributed by atoms with Crippen molar-refractivity contribution in [2.45, 2.75) is 18.9 Å². The quantitative estimate of drug-likeness (QED) is 0.681. The summed E-state index contributed by atoms with van der Waals surface area (Å²) < 4.78 is 13.5. The molecule has 2 rings (SSSR count). The first kappa shape index (κ1) is 10.7. The second-order valence-corrected chi connectivity index (χ2v) is 3.83. The number of halogens is 1. The van der Waals surface area contributed by atoms with Crippen LogP contribution in [0.3, 0.4) is 0 Å². The third-order valence-electron chi connectivity index (χ3n) is 2.73. The number of fused-ring (bicyclic) bond motifs is 1. The summed E-state index contributed by atoms with van der Waals surface area (Å²) in [7, 11) is 0. The van der Waals surface area contributed by atoms with E-state index >= 15 is 0 Å². The SMILES string of the molecule is O=C(O)N[C@H]1CCc2c(F)cccc2NC1. The second kappa shape index (κ2) is 4.38. The van der Waals surface area contributed by atoms with Gasteiger partial charge in [0, 0.05) is 23.8 Å². The molecule has 0 saturated heterocycles. The van der Waals surface area contributed by atoms with E-state index in [1.807, 2.05) is 6.07 Å². The number of carbonyl (C=O) groups is 1. The summed E-state index contributed by atoms with van der Waals surface area (Å²) in [6.45, 7) is 0.489. The van der Waals surface area contributed by atoms with E-state index in [0.717, 1.165) is 5.69 Å². The molecule has 4 nitrogen and oxygen atoms in total. The van der Waals surface area contributed by atoms with Crippen LogP contribution in [0.5, 0.6) is 0 Å². The molecule has 0 radical (unpaired) electrons. The number of benzene rings is 1. The molecule has 0 bridgehead atoms. The minimum Gasteiger partial charge on any atom is -0.465 e. The lowest BCUT2D eigenvalue weighted by Crippen LogP contribution is -2.38. The Morgan fingerprint density at radius 3 is 3.12 bits per heavy atom. The van der Waals surface area contributed by atoms with Gasteiger partial charge in [-0.3, -0.25) is 0 Å². The molecule has 0 unspecified atom stereocenters. The van der Waals surface area contributed by atoms with E-state index in [1.165, 1.54) is 6.07 Å². The van der Waals surface area contributed by atoms with E-state index in [2.05, 4.69) is 10.6 Å². The predicted octanol–water partition coefficient (Wildman–Crippen LogP) is 1.82. The van der Waals surface area contributed by atoms with Gasteiger partial charge in [0.25, 0.3) is 0 Å². The molecule has 1 heterocycles. The lowest BCUT2D eigenvalue weighted by atomic mass is 10.1. The minimum absolute atomic E-state index is 0.177. The number of nitrogens with one attached hydrogen (secondary N) is 2. The fourth-order valence-corrected chi connectivity index (χ4v) is 1.93. The molecule has 86 valence electrons. The molecule has 1 aromatic rings. The maximum Gasteiger partial charge on any atom is 0.404 e. The summed E-state index contributed by atoms with van der Waals surface area (Å²) in [4.78, 5) is 10.5. The van der Waals surface area contributed by atoms with Gasteiger partial charge in [-0.1, -0.05) is 6.07 Å². The number of amides is 1. The fourth-order valence-electron chi connectivity index (χ4n) is 1.93. The summed E-state index contributed by atoms with van der Waals surface area (Å²) in [6.07, 6.45) is 0.103. The number of carboxylic acid groups (broad SMARTS) is 1. The first-order valence-electron chi connectivity index (χ1n) is 5.17. The standard InChI is InChI=1S/C11H13FN2O2/c12-9-2-1-3-10-8(9)5-4-7(6-13-10)14-11(15)16/h1-3,7,13-14H,4-6H2,(H,15,16)/t7-/m0/s1. The van der Waals surface area contributed by atoms with Crippen molar-refractivity contribution >= 4 is 11.8 Å². The Bertz CT molecular complexity index is 409. The third kappa shape index (κ3) is 2.24. The Morgan fingerprint density at radius 2 is 2.38 bits per heavy atom. The van der Waals surface area contributed by atoms with Gasteiger partial charge in [0.2, 0.25) is 0 Å². The van der Waals surface area contributed by atoms with Gasteiger partial charge in [-0.25, -0.2) is 9.18 Å². The van der Waals surface area contributed by atoms with Gasteiger partial charge in [0.1, 0.15) is 5.82 Å². The molecule has 1 atom stereocenters. The van der Waals surface area contributed by atoms with Crippen molar-refractivity contribution in [2.75, 3.05) is 11.9 Å². The summed E-state index contributed by atoms with van der Waals surface area (Å²) in [5.41, 5.74) is 1.40. The van der Waals surface area contributed by atoms with Crippen LogP contribution in [0.15, 0.2) is 18.2 Å². The summed E-state index contributed by atoms with van der Waals surface area (Å²) in [6, 6.07) is 4.70. The first-order chi connectivity index (χ1) is 7.66. The Labute approximate surface area is 92.5 Å². The monoisotopic (exact) mass is 224 g/mol. The molecule has 0 saturated carbocycles. The molecule has 0 aromatic heterocycles. The topological polar surface area (TPSA) is 61.4 Å². The first-order valence-corrected chi connectivity index (χ1v) is 5.17. The maximum absolute atomic E-state index is 13.5. The largest absolute Gasteiger partial charge is 0.465 e. The van der Waals surface area contributed by atoms with Gasteiger partial charge in [-0.2, -0.15) is 0 Å². The molecule has 16 heavy (non-hydrogen) atoms. The van der Waals surface area contributed by atoms with Gasteiger partial charge in [-0.05, 0) is 25.0 Å². The van der Waals surface area contributed by atoms with E-state index < -0.39 is 6.09 Å². The van der Waals surface area contributed by atoms with E-state index in [1.54, 1.807) is 6.07 Å². The van der Waals surface area contributed by atoms with E-state index in [0.29, 0.717) is 24.9 Å². The smallest absolute Gasteiger partial charge is 0.404 e. The summed E-state index contributed by atoms with van der Waals surface area (Å²) >= 11 is 0. The van der Waals surface area contributed by atoms with E-state index in [-0.39, 0.29) is 11.9 Å². The van der Waals surface area contributed by atoms with Gasteiger partial charge >= 0.3 is 6.09 Å². The average molecular weight is 224 g/mol. The molecular weight excluding hydrogens is 211 g/mol. The fraction of sp³-hybridized carbons (Fsp3) is 0.364. The van der Waals surface area contributed by atoms with Crippen molar-refractivity contribution in [3.63, 3.8) is 0 Å². The second-order valence-electron chi connectivity index (χ2n) is 3.83. The van der Waals surface area contributed by atoms with Gasteiger partial charge in [-0.15, -0.1) is 0 Å². The molecule has 3 N–H and O–H groups in total. The molecule has 1 aliphatic heterocycles. The number of hydrogen-bond donors (Lipinski definition) is 3. The van der Waals surface area contributed by atoms with Gasteiger partial charge in [0.15, 0.2) is 0 Å². The van der Waals surface area contributed by atoms with Crippen LogP contribution < -0.4 is 10.6 Å². The molecule has 5 heteroatoms. The van der Waals surface area contributed by atoms with Crippen LogP contribution in [0, 0.1) is 5.82 Å². The average Bonchev–Trinajstić information content (AvgIpc) is 2.42. The number of rotatable bonds is 1. The Hall–Kier alpha value is -1.78. The zero-order valence-electron chi connectivity index (χ0n) is 8.66. The minimum atomic E-state index is -1.04. The molecule has 0 fully saturated rings. The van der Waals surface area contributed by atoms with Gasteiger partial charge in [0.05, 0.1) is 0 Å². The Morgan fingerprint density at radius 1 is 1.56 bits per heavy atom. The van der Waals surface area contributed by atoms with Crippen LogP contribution in [0.2, 0.25) is 0 Å². The van der Waals surface area contributed by atoms with Crippen LogP contribution in [0.4, 0.5) is 14.9 Å². The van der Waals surface area contributed by atoms with Gasteiger partial charge < -0.3 is 15.7 Å². The van der Waals surface area contributed by atoms with Crippen LogP contribution in [0.25, 0.3) is 0 Å². The van der Waals surface area contributed by atoms with Crippen LogP contribution >= 0.6 is 0 Å².